The van der Waals surface area contributed by atoms with Gasteiger partial charge < -0.3 is 5.32 Å². The zero-order valence-electron chi connectivity index (χ0n) is 7.81. The predicted octanol–water partition coefficient (Wildman–Crippen LogP) is 1.42. The Kier molecular flexibility index (Phi) is 4.06. The van der Waals surface area contributed by atoms with Crippen LogP contribution in [0.2, 0.25) is 0 Å². The van der Waals surface area contributed by atoms with Crippen LogP contribution in [0.5, 0.6) is 0 Å². The quantitative estimate of drug-likeness (QED) is 0.706. The molecule has 0 bridgehead atoms. The van der Waals surface area contributed by atoms with Gasteiger partial charge >= 0.3 is 0 Å². The summed E-state index contributed by atoms with van der Waals surface area (Å²) in [6.45, 7) is 8.64. The number of piperazine rings is 1. The molecule has 1 saturated heterocycles. The van der Waals surface area contributed by atoms with Crippen molar-refractivity contribution in [2.45, 2.75) is 19.9 Å². The van der Waals surface area contributed by atoms with Gasteiger partial charge in [-0.05, 0) is 19.4 Å². The summed E-state index contributed by atoms with van der Waals surface area (Å²) in [6.07, 6.45) is 0. The smallest absolute Gasteiger partial charge is 0.0205 e. The maximum atomic E-state index is 5.61. The van der Waals surface area contributed by atoms with Gasteiger partial charge in [-0.25, -0.2) is 0 Å². The molecule has 0 saturated carbocycles. The lowest BCUT2D eigenvalue weighted by Gasteiger charge is -2.33. The molecule has 1 N–H and O–H groups in total. The van der Waals surface area contributed by atoms with Crippen LogP contribution in [-0.2, 0) is 0 Å². The molecule has 0 aromatic heterocycles. The van der Waals surface area contributed by atoms with Crippen molar-refractivity contribution in [2.24, 2.45) is 0 Å². The number of hydrogen-bond acceptors (Lipinski definition) is 2. The molecule has 12 heavy (non-hydrogen) atoms. The number of nitrogens with one attached hydrogen (secondary N) is 1. The molecule has 1 rings (SSSR count). The molecule has 0 aliphatic carbocycles. The molecular formula is C9H17ClN2. The zero-order valence-corrected chi connectivity index (χ0v) is 8.56. The van der Waals surface area contributed by atoms with Gasteiger partial charge in [0.2, 0.25) is 0 Å². The average Bonchev–Trinajstić information content (AvgIpc) is 2.09. The SMILES string of the molecule is CC(=CCl)CN1CCNC[C@@H]1C. The minimum absolute atomic E-state index is 0.630. The Balaban J connectivity index is 2.39. The Morgan fingerprint density at radius 2 is 2.50 bits per heavy atom. The first-order chi connectivity index (χ1) is 5.74. The molecule has 1 aliphatic heterocycles. The third-order valence-corrected chi connectivity index (χ3v) is 2.65. The van der Waals surface area contributed by atoms with E-state index in [9.17, 15) is 0 Å². The summed E-state index contributed by atoms with van der Waals surface area (Å²) in [6, 6.07) is 0.630. The van der Waals surface area contributed by atoms with Crippen LogP contribution in [0.4, 0.5) is 0 Å². The van der Waals surface area contributed by atoms with Crippen LogP contribution in [-0.4, -0.2) is 37.1 Å². The molecule has 2 nitrogen and oxygen atoms in total. The van der Waals surface area contributed by atoms with Gasteiger partial charge in [0.15, 0.2) is 0 Å². The van der Waals surface area contributed by atoms with Crippen molar-refractivity contribution in [3.8, 4) is 0 Å². The van der Waals surface area contributed by atoms with Crippen LogP contribution >= 0.6 is 11.6 Å². The van der Waals surface area contributed by atoms with Crippen molar-refractivity contribution in [2.75, 3.05) is 26.2 Å². The lowest BCUT2D eigenvalue weighted by molar-refractivity contribution is 0.188. The molecule has 0 aromatic rings. The molecule has 1 aliphatic rings. The lowest BCUT2D eigenvalue weighted by atomic mass is 10.2. The van der Waals surface area contributed by atoms with E-state index in [2.05, 4.69) is 24.1 Å². The molecule has 70 valence electrons. The van der Waals surface area contributed by atoms with Gasteiger partial charge in [0, 0.05) is 37.8 Å². The van der Waals surface area contributed by atoms with E-state index in [1.54, 1.807) is 5.54 Å². The van der Waals surface area contributed by atoms with Crippen molar-refractivity contribution < 1.29 is 0 Å². The second-order valence-electron chi connectivity index (χ2n) is 3.48. The van der Waals surface area contributed by atoms with Gasteiger partial charge in [0.1, 0.15) is 0 Å². The fourth-order valence-electron chi connectivity index (χ4n) is 1.47. The van der Waals surface area contributed by atoms with Crippen molar-refractivity contribution in [1.82, 2.24) is 10.2 Å². The van der Waals surface area contributed by atoms with Crippen molar-refractivity contribution in [3.05, 3.63) is 11.1 Å². The zero-order chi connectivity index (χ0) is 8.97. The molecule has 3 heteroatoms. The monoisotopic (exact) mass is 188 g/mol. The first-order valence-electron chi connectivity index (χ1n) is 4.44. The van der Waals surface area contributed by atoms with E-state index in [1.807, 2.05) is 0 Å². The lowest BCUT2D eigenvalue weighted by Crippen LogP contribution is -2.50. The molecule has 0 unspecified atom stereocenters. The topological polar surface area (TPSA) is 15.3 Å². The molecular weight excluding hydrogens is 172 g/mol. The second kappa shape index (κ2) is 4.85. The highest BCUT2D eigenvalue weighted by Gasteiger charge is 2.16. The van der Waals surface area contributed by atoms with E-state index in [-0.39, 0.29) is 0 Å². The number of nitrogens with zero attached hydrogens (tertiary/aromatic N) is 1. The van der Waals surface area contributed by atoms with Crippen LogP contribution < -0.4 is 5.32 Å². The molecule has 0 spiro atoms. The van der Waals surface area contributed by atoms with Crippen LogP contribution in [0.1, 0.15) is 13.8 Å². The van der Waals surface area contributed by atoms with Gasteiger partial charge in [0.25, 0.3) is 0 Å². The summed E-state index contributed by atoms with van der Waals surface area (Å²) in [7, 11) is 0. The summed E-state index contributed by atoms with van der Waals surface area (Å²) in [4.78, 5) is 2.45. The van der Waals surface area contributed by atoms with Crippen molar-refractivity contribution in [3.63, 3.8) is 0 Å². The van der Waals surface area contributed by atoms with Crippen LogP contribution in [0.15, 0.2) is 11.1 Å². The second-order valence-corrected chi connectivity index (χ2v) is 3.70. The largest absolute Gasteiger partial charge is 0.314 e. The van der Waals surface area contributed by atoms with Crippen molar-refractivity contribution >= 4 is 11.6 Å². The fraction of sp³-hybridized carbons (Fsp3) is 0.778. The highest BCUT2D eigenvalue weighted by molar-refractivity contribution is 6.25. The van der Waals surface area contributed by atoms with Crippen LogP contribution in [0.25, 0.3) is 0 Å². The van der Waals surface area contributed by atoms with Gasteiger partial charge in [-0.1, -0.05) is 11.6 Å². The highest BCUT2D eigenvalue weighted by atomic mass is 35.5. The summed E-state index contributed by atoms with van der Waals surface area (Å²) >= 11 is 5.61. The minimum Gasteiger partial charge on any atom is -0.314 e. The maximum Gasteiger partial charge on any atom is 0.0205 e. The van der Waals surface area contributed by atoms with E-state index in [4.69, 9.17) is 11.6 Å². The standard InChI is InChI=1S/C9H17ClN2/c1-8(5-10)7-12-4-3-11-6-9(12)2/h5,9,11H,3-4,6-7H2,1-2H3/t9-/m0/s1. The summed E-state index contributed by atoms with van der Waals surface area (Å²) in [5.74, 6) is 0. The van der Waals surface area contributed by atoms with E-state index >= 15 is 0 Å². The Morgan fingerprint density at radius 1 is 1.75 bits per heavy atom. The van der Waals surface area contributed by atoms with Gasteiger partial charge in [-0.2, -0.15) is 0 Å². The Bertz CT molecular complexity index is 168. The van der Waals surface area contributed by atoms with Gasteiger partial charge in [-0.3, -0.25) is 4.90 Å². The first-order valence-corrected chi connectivity index (χ1v) is 4.88. The normalized spacial score (nSPS) is 27.6. The van der Waals surface area contributed by atoms with E-state index in [0.717, 1.165) is 26.2 Å². The molecule has 0 radical (unpaired) electrons. The predicted molar refractivity (Wildman–Crippen MR) is 53.5 cm³/mol. The van der Waals surface area contributed by atoms with E-state index in [0.29, 0.717) is 6.04 Å². The van der Waals surface area contributed by atoms with Crippen LogP contribution in [0.3, 0.4) is 0 Å². The Hall–Kier alpha value is -0.0500. The average molecular weight is 189 g/mol. The molecule has 1 atom stereocenters. The summed E-state index contributed by atoms with van der Waals surface area (Å²) in [5, 5.41) is 3.36. The molecule has 1 fully saturated rings. The van der Waals surface area contributed by atoms with E-state index in [1.165, 1.54) is 5.57 Å². The third-order valence-electron chi connectivity index (χ3n) is 2.28. The number of hydrogen-bond donors (Lipinski definition) is 1. The maximum absolute atomic E-state index is 5.61. The molecule has 1 heterocycles. The minimum atomic E-state index is 0.630. The van der Waals surface area contributed by atoms with Crippen molar-refractivity contribution in [1.29, 1.82) is 0 Å². The Morgan fingerprint density at radius 3 is 3.08 bits per heavy atom. The molecule has 0 amide bonds. The molecule has 0 aromatic carbocycles. The third kappa shape index (κ3) is 2.77. The van der Waals surface area contributed by atoms with Gasteiger partial charge in [-0.15, -0.1) is 0 Å². The highest BCUT2D eigenvalue weighted by Crippen LogP contribution is 2.06. The first kappa shape index (κ1) is 10.0. The van der Waals surface area contributed by atoms with Gasteiger partial charge in [0.05, 0.1) is 0 Å². The number of halogens is 1. The van der Waals surface area contributed by atoms with E-state index < -0.39 is 0 Å². The summed E-state index contributed by atoms with van der Waals surface area (Å²) in [5.41, 5.74) is 2.92. The number of rotatable bonds is 2. The van der Waals surface area contributed by atoms with Crippen LogP contribution in [0, 0.1) is 0 Å². The fourth-order valence-corrected chi connectivity index (χ4v) is 1.54. The summed E-state index contributed by atoms with van der Waals surface area (Å²) < 4.78 is 0. The Labute approximate surface area is 79.6 Å².